The van der Waals surface area contributed by atoms with Crippen molar-refractivity contribution in [2.45, 2.75) is 19.9 Å². The molecular formula is C14H19ClN2O3S. The van der Waals surface area contributed by atoms with Crippen molar-refractivity contribution in [2.75, 3.05) is 23.4 Å². The summed E-state index contributed by atoms with van der Waals surface area (Å²) >= 11 is 7.74. The molecule has 0 radical (unpaired) electrons. The fourth-order valence-corrected chi connectivity index (χ4v) is 2.44. The number of halogens is 1. The molecule has 1 atom stereocenters. The van der Waals surface area contributed by atoms with E-state index in [0.717, 1.165) is 11.5 Å². The van der Waals surface area contributed by atoms with Gasteiger partial charge in [-0.05, 0) is 30.9 Å². The van der Waals surface area contributed by atoms with Crippen LogP contribution in [-0.4, -0.2) is 41.1 Å². The van der Waals surface area contributed by atoms with Crippen molar-refractivity contribution in [3.63, 3.8) is 0 Å². The summed E-state index contributed by atoms with van der Waals surface area (Å²) in [5.41, 5.74) is 0.384. The number of carbonyl (C=O) groups is 2. The van der Waals surface area contributed by atoms with E-state index >= 15 is 0 Å². The number of carboxylic acids is 1. The standard InChI is InChI=1S/C14H19ClN2O3S/c1-3-21-8-9(2)16-7-13(18)17-12-6-10(14(19)20)4-5-11(12)15/h4-6,9,16H,3,7-8H2,1-2H3,(H,17,18)(H,19,20). The van der Waals surface area contributed by atoms with Crippen molar-refractivity contribution in [2.24, 2.45) is 0 Å². The molecule has 1 aromatic rings. The Morgan fingerprint density at radius 3 is 2.76 bits per heavy atom. The molecule has 0 fully saturated rings. The van der Waals surface area contributed by atoms with E-state index < -0.39 is 5.97 Å². The molecule has 0 bridgehead atoms. The molecular weight excluding hydrogens is 312 g/mol. The van der Waals surface area contributed by atoms with Crippen LogP contribution < -0.4 is 10.6 Å². The van der Waals surface area contributed by atoms with Crippen LogP contribution in [0, 0.1) is 0 Å². The molecule has 0 spiro atoms. The van der Waals surface area contributed by atoms with Crippen LogP contribution in [-0.2, 0) is 4.79 Å². The fraction of sp³-hybridized carbons (Fsp3) is 0.429. The number of carbonyl (C=O) groups excluding carboxylic acids is 1. The fourth-order valence-electron chi connectivity index (χ4n) is 1.57. The number of anilines is 1. The quantitative estimate of drug-likeness (QED) is 0.683. The van der Waals surface area contributed by atoms with Crippen LogP contribution in [0.2, 0.25) is 5.02 Å². The molecule has 1 unspecified atom stereocenters. The summed E-state index contributed by atoms with van der Waals surface area (Å²) in [6.45, 7) is 4.24. The van der Waals surface area contributed by atoms with Gasteiger partial charge < -0.3 is 15.7 Å². The highest BCUT2D eigenvalue weighted by Gasteiger charge is 2.11. The molecule has 0 saturated heterocycles. The van der Waals surface area contributed by atoms with Gasteiger partial charge in [0.25, 0.3) is 0 Å². The van der Waals surface area contributed by atoms with Crippen molar-refractivity contribution < 1.29 is 14.7 Å². The lowest BCUT2D eigenvalue weighted by atomic mass is 10.2. The van der Waals surface area contributed by atoms with Crippen molar-refractivity contribution in [1.29, 1.82) is 0 Å². The first-order valence-corrected chi connectivity index (χ1v) is 8.11. The first kappa shape index (κ1) is 17.8. The van der Waals surface area contributed by atoms with Crippen LogP contribution >= 0.6 is 23.4 Å². The number of aromatic carboxylic acids is 1. The maximum Gasteiger partial charge on any atom is 0.335 e. The minimum absolute atomic E-state index is 0.0790. The summed E-state index contributed by atoms with van der Waals surface area (Å²) in [6.07, 6.45) is 0. The summed E-state index contributed by atoms with van der Waals surface area (Å²) in [4.78, 5) is 22.7. The van der Waals surface area contributed by atoms with Crippen molar-refractivity contribution in [1.82, 2.24) is 5.32 Å². The van der Waals surface area contributed by atoms with Gasteiger partial charge >= 0.3 is 5.97 Å². The molecule has 1 amide bonds. The smallest absolute Gasteiger partial charge is 0.335 e. The summed E-state index contributed by atoms with van der Waals surface area (Å²) < 4.78 is 0. The minimum Gasteiger partial charge on any atom is -0.478 e. The molecule has 0 aliphatic carbocycles. The molecule has 0 aliphatic heterocycles. The number of carboxylic acid groups (broad SMARTS) is 1. The Hall–Kier alpha value is -1.24. The van der Waals surface area contributed by atoms with Crippen LogP contribution in [0.25, 0.3) is 0 Å². The Bertz CT molecular complexity index is 511. The molecule has 0 saturated carbocycles. The van der Waals surface area contributed by atoms with Gasteiger partial charge in [0.05, 0.1) is 22.8 Å². The molecule has 5 nitrogen and oxygen atoms in total. The van der Waals surface area contributed by atoms with Gasteiger partial charge in [0, 0.05) is 11.8 Å². The van der Waals surface area contributed by atoms with E-state index in [9.17, 15) is 9.59 Å². The Balaban J connectivity index is 2.54. The molecule has 1 rings (SSSR count). The number of nitrogens with one attached hydrogen (secondary N) is 2. The highest BCUT2D eigenvalue weighted by atomic mass is 35.5. The molecule has 0 aromatic heterocycles. The van der Waals surface area contributed by atoms with Crippen molar-refractivity contribution >= 4 is 40.9 Å². The number of thioether (sulfide) groups is 1. The third-order valence-corrected chi connectivity index (χ3v) is 4.14. The van der Waals surface area contributed by atoms with Gasteiger partial charge in [0.1, 0.15) is 0 Å². The average Bonchev–Trinajstić information content (AvgIpc) is 2.45. The number of rotatable bonds is 8. The van der Waals surface area contributed by atoms with Crippen molar-refractivity contribution in [3.8, 4) is 0 Å². The van der Waals surface area contributed by atoms with Gasteiger partial charge in [-0.3, -0.25) is 4.79 Å². The predicted octanol–water partition coefficient (Wildman–Crippen LogP) is 2.71. The zero-order valence-corrected chi connectivity index (χ0v) is 13.6. The van der Waals surface area contributed by atoms with E-state index in [2.05, 4.69) is 17.6 Å². The summed E-state index contributed by atoms with van der Waals surface area (Å²) in [5, 5.41) is 14.9. The van der Waals surface area contributed by atoms with Crippen LogP contribution in [0.15, 0.2) is 18.2 Å². The third-order valence-electron chi connectivity index (χ3n) is 2.67. The second kappa shape index (κ2) is 8.92. The lowest BCUT2D eigenvalue weighted by molar-refractivity contribution is -0.115. The van der Waals surface area contributed by atoms with Crippen LogP contribution in [0.4, 0.5) is 5.69 Å². The Kier molecular flexibility index (Phi) is 7.56. The molecule has 0 aliphatic rings. The second-order valence-corrected chi connectivity index (χ2v) is 6.22. The van der Waals surface area contributed by atoms with Crippen LogP contribution in [0.3, 0.4) is 0 Å². The van der Waals surface area contributed by atoms with Crippen LogP contribution in [0.5, 0.6) is 0 Å². The molecule has 116 valence electrons. The molecule has 21 heavy (non-hydrogen) atoms. The zero-order valence-electron chi connectivity index (χ0n) is 12.0. The highest BCUT2D eigenvalue weighted by Crippen LogP contribution is 2.23. The number of hydrogen-bond donors (Lipinski definition) is 3. The van der Waals surface area contributed by atoms with E-state index in [1.54, 1.807) is 11.8 Å². The molecule has 0 heterocycles. The van der Waals surface area contributed by atoms with Gasteiger partial charge in [0.15, 0.2) is 0 Å². The summed E-state index contributed by atoms with van der Waals surface area (Å²) in [7, 11) is 0. The monoisotopic (exact) mass is 330 g/mol. The molecule has 3 N–H and O–H groups in total. The van der Waals surface area contributed by atoms with E-state index in [-0.39, 0.29) is 24.1 Å². The zero-order chi connectivity index (χ0) is 15.8. The topological polar surface area (TPSA) is 78.4 Å². The lowest BCUT2D eigenvalue weighted by Crippen LogP contribution is -2.35. The maximum atomic E-state index is 11.8. The third kappa shape index (κ3) is 6.37. The molecule has 1 aromatic carbocycles. The normalized spacial score (nSPS) is 12.0. The van der Waals surface area contributed by atoms with E-state index in [0.29, 0.717) is 10.7 Å². The summed E-state index contributed by atoms with van der Waals surface area (Å²) in [6, 6.07) is 4.41. The number of amides is 1. The number of benzene rings is 1. The van der Waals surface area contributed by atoms with Crippen LogP contribution in [0.1, 0.15) is 24.2 Å². The Labute approximate surface area is 133 Å². The van der Waals surface area contributed by atoms with Crippen molar-refractivity contribution in [3.05, 3.63) is 28.8 Å². The largest absolute Gasteiger partial charge is 0.478 e. The van der Waals surface area contributed by atoms with Gasteiger partial charge in [-0.25, -0.2) is 4.79 Å². The van der Waals surface area contributed by atoms with Gasteiger partial charge in [-0.2, -0.15) is 11.8 Å². The predicted molar refractivity (Wildman–Crippen MR) is 87.5 cm³/mol. The van der Waals surface area contributed by atoms with Gasteiger partial charge in [0.2, 0.25) is 5.91 Å². The maximum absolute atomic E-state index is 11.8. The average molecular weight is 331 g/mol. The Morgan fingerprint density at radius 1 is 1.43 bits per heavy atom. The Morgan fingerprint density at radius 2 is 2.14 bits per heavy atom. The number of hydrogen-bond acceptors (Lipinski definition) is 4. The van der Waals surface area contributed by atoms with E-state index in [4.69, 9.17) is 16.7 Å². The van der Waals surface area contributed by atoms with E-state index in [1.165, 1.54) is 18.2 Å². The first-order valence-electron chi connectivity index (χ1n) is 6.57. The van der Waals surface area contributed by atoms with Gasteiger partial charge in [-0.15, -0.1) is 0 Å². The SMILES string of the molecule is CCSCC(C)NCC(=O)Nc1cc(C(=O)O)ccc1Cl. The lowest BCUT2D eigenvalue weighted by Gasteiger charge is -2.13. The first-order chi connectivity index (χ1) is 9.93. The highest BCUT2D eigenvalue weighted by molar-refractivity contribution is 7.99. The second-order valence-electron chi connectivity index (χ2n) is 4.49. The van der Waals surface area contributed by atoms with E-state index in [1.807, 2.05) is 6.92 Å². The van der Waals surface area contributed by atoms with Gasteiger partial charge in [-0.1, -0.05) is 18.5 Å². The minimum atomic E-state index is -1.06. The summed E-state index contributed by atoms with van der Waals surface area (Å²) in [5.74, 6) is 0.646. The molecule has 7 heteroatoms.